The minimum atomic E-state index is -1.44. The number of aliphatic carboxylic acids is 1. The van der Waals surface area contributed by atoms with Gasteiger partial charge in [-0.25, -0.2) is 0 Å². The summed E-state index contributed by atoms with van der Waals surface area (Å²) < 4.78 is 30.2. The van der Waals surface area contributed by atoms with Gasteiger partial charge in [0.2, 0.25) is 0 Å². The quantitative estimate of drug-likeness (QED) is 0.131. The van der Waals surface area contributed by atoms with Crippen LogP contribution in [-0.2, 0) is 47.7 Å². The summed E-state index contributed by atoms with van der Waals surface area (Å²) in [5.74, 6) is -1.76. The summed E-state index contributed by atoms with van der Waals surface area (Å²) in [5.41, 5.74) is -6.86. The summed E-state index contributed by atoms with van der Waals surface area (Å²) in [4.78, 5) is 68.8. The molecule has 1 aliphatic heterocycles. The number of cyclic esters (lactones) is 1. The molecular formula is C42H66O11. The van der Waals surface area contributed by atoms with Crippen LogP contribution in [0, 0.1) is 51.2 Å². The number of ether oxygens (including phenoxy) is 5. The molecule has 11 nitrogen and oxygen atoms in total. The highest BCUT2D eigenvalue weighted by Gasteiger charge is 2.58. The Morgan fingerprint density at radius 2 is 1.28 bits per heavy atom. The highest BCUT2D eigenvalue weighted by atomic mass is 16.6. The molecule has 1 heterocycles. The average molecular weight is 747 g/mol. The predicted octanol–water partition coefficient (Wildman–Crippen LogP) is 7.45. The molecule has 1 saturated heterocycles. The van der Waals surface area contributed by atoms with Gasteiger partial charge in [0, 0.05) is 18.9 Å². The van der Waals surface area contributed by atoms with Gasteiger partial charge in [-0.1, -0.05) is 6.92 Å². The lowest BCUT2D eigenvalue weighted by molar-refractivity contribution is -0.203. The summed E-state index contributed by atoms with van der Waals surface area (Å²) in [6.07, 6.45) is 5.73. The summed E-state index contributed by atoms with van der Waals surface area (Å²) >= 11 is 0. The van der Waals surface area contributed by atoms with Gasteiger partial charge < -0.3 is 28.8 Å². The van der Waals surface area contributed by atoms with Crippen molar-refractivity contribution < 1.29 is 52.8 Å². The molecule has 300 valence electrons. The highest BCUT2D eigenvalue weighted by Crippen LogP contribution is 2.58. The van der Waals surface area contributed by atoms with Gasteiger partial charge in [0.1, 0.15) is 17.3 Å². The molecule has 7 unspecified atom stereocenters. The van der Waals surface area contributed by atoms with E-state index in [2.05, 4.69) is 0 Å². The number of carboxylic acid groups (broad SMARTS) is 1. The molecule has 0 amide bonds. The molecule has 0 aromatic carbocycles. The molecule has 0 aromatic heterocycles. The smallest absolute Gasteiger partial charge is 0.312 e. The van der Waals surface area contributed by atoms with Crippen LogP contribution in [0.15, 0.2) is 0 Å². The molecule has 0 radical (unpaired) electrons. The third kappa shape index (κ3) is 8.91. The Labute approximate surface area is 316 Å². The molecule has 53 heavy (non-hydrogen) atoms. The molecule has 6 aliphatic rings. The number of rotatable bonds is 15. The van der Waals surface area contributed by atoms with E-state index < -0.39 is 68.9 Å². The predicted molar refractivity (Wildman–Crippen MR) is 195 cm³/mol. The molecule has 6 rings (SSSR count). The highest BCUT2D eigenvalue weighted by molar-refractivity contribution is 5.84. The molecule has 5 saturated carbocycles. The Morgan fingerprint density at radius 1 is 0.736 bits per heavy atom. The van der Waals surface area contributed by atoms with Gasteiger partial charge in [0.05, 0.1) is 40.3 Å². The van der Waals surface area contributed by atoms with Crippen molar-refractivity contribution in [2.24, 2.45) is 51.2 Å². The van der Waals surface area contributed by atoms with E-state index in [0.29, 0.717) is 43.8 Å². The van der Waals surface area contributed by atoms with Crippen LogP contribution in [0.4, 0.5) is 0 Å². The lowest BCUT2D eigenvalue weighted by Crippen LogP contribution is -2.55. The Kier molecular flexibility index (Phi) is 11.5. The number of carboxylic acids is 1. The van der Waals surface area contributed by atoms with Crippen LogP contribution >= 0.6 is 0 Å². The van der Waals surface area contributed by atoms with Gasteiger partial charge in [0.25, 0.3) is 0 Å². The minimum absolute atomic E-state index is 0.00907. The summed E-state index contributed by atoms with van der Waals surface area (Å²) in [6.45, 7) is 18.2. The number of carbonyl (C=O) groups is 5. The van der Waals surface area contributed by atoms with E-state index >= 15 is 0 Å². The molecule has 6 fully saturated rings. The van der Waals surface area contributed by atoms with Gasteiger partial charge in [-0.15, -0.1) is 0 Å². The number of hydrogen-bond acceptors (Lipinski definition) is 10. The molecular weight excluding hydrogens is 680 g/mol. The second-order valence-corrected chi connectivity index (χ2v) is 20.2. The lowest BCUT2D eigenvalue weighted by atomic mass is 9.54. The molecule has 5 aliphatic carbocycles. The fourth-order valence-corrected chi connectivity index (χ4v) is 11.2. The fraction of sp³-hybridized carbons (Fsp3) is 0.881. The summed E-state index contributed by atoms with van der Waals surface area (Å²) in [7, 11) is 0. The van der Waals surface area contributed by atoms with E-state index in [1.807, 2.05) is 6.92 Å². The SMILES string of the molecule is CCOC1CC2COC(=O)C2CC1OC(=O)C(C)(C)CC(C)(CC(C)(CC(C)(CC)C(=O)O)C(=O)OC(C)(C)C)C(=O)OC12CC3CC(CC(C3)C1)C2. The zero-order valence-corrected chi connectivity index (χ0v) is 34.0. The van der Waals surface area contributed by atoms with Crippen molar-refractivity contribution in [2.45, 2.75) is 170 Å². The first kappa shape index (κ1) is 41.5. The largest absolute Gasteiger partial charge is 0.481 e. The number of fused-ring (bicyclic) bond motifs is 1. The number of esters is 4. The van der Waals surface area contributed by atoms with Crippen LogP contribution in [-0.4, -0.2) is 71.6 Å². The second-order valence-electron chi connectivity index (χ2n) is 20.2. The first-order valence-electron chi connectivity index (χ1n) is 20.1. The normalized spacial score (nSPS) is 34.2. The molecule has 0 aromatic rings. The lowest BCUT2D eigenvalue weighted by Gasteiger charge is -2.56. The van der Waals surface area contributed by atoms with E-state index in [4.69, 9.17) is 23.7 Å². The Morgan fingerprint density at radius 3 is 1.79 bits per heavy atom. The van der Waals surface area contributed by atoms with Crippen LogP contribution in [0.5, 0.6) is 0 Å². The second kappa shape index (κ2) is 14.8. The van der Waals surface area contributed by atoms with E-state index in [1.54, 1.807) is 62.3 Å². The third-order valence-corrected chi connectivity index (χ3v) is 13.3. The summed E-state index contributed by atoms with van der Waals surface area (Å²) in [5, 5.41) is 10.4. The van der Waals surface area contributed by atoms with Crippen molar-refractivity contribution in [1.29, 1.82) is 0 Å². The number of hydrogen-bond donors (Lipinski definition) is 1. The first-order valence-corrected chi connectivity index (χ1v) is 20.1. The zero-order chi connectivity index (χ0) is 39.4. The molecule has 0 spiro atoms. The Balaban J connectivity index is 1.48. The van der Waals surface area contributed by atoms with Crippen molar-refractivity contribution in [3.63, 3.8) is 0 Å². The van der Waals surface area contributed by atoms with E-state index in [1.165, 1.54) is 0 Å². The zero-order valence-electron chi connectivity index (χ0n) is 34.0. The van der Waals surface area contributed by atoms with E-state index in [-0.39, 0.29) is 43.5 Å². The van der Waals surface area contributed by atoms with E-state index in [0.717, 1.165) is 38.5 Å². The van der Waals surface area contributed by atoms with E-state index in [9.17, 15) is 29.1 Å². The van der Waals surface area contributed by atoms with Gasteiger partial charge in [-0.05, 0) is 151 Å². The third-order valence-electron chi connectivity index (χ3n) is 13.3. The molecule has 11 heteroatoms. The maximum Gasteiger partial charge on any atom is 0.312 e. The molecule has 4 bridgehead atoms. The molecule has 7 atom stereocenters. The minimum Gasteiger partial charge on any atom is -0.481 e. The Hall–Kier alpha value is -2.69. The van der Waals surface area contributed by atoms with Crippen LogP contribution in [0.2, 0.25) is 0 Å². The first-order chi connectivity index (χ1) is 24.4. The van der Waals surface area contributed by atoms with Crippen molar-refractivity contribution in [3.05, 3.63) is 0 Å². The summed E-state index contributed by atoms with van der Waals surface area (Å²) in [6, 6.07) is 0. The van der Waals surface area contributed by atoms with Crippen molar-refractivity contribution in [1.82, 2.24) is 0 Å². The Bertz CT molecular complexity index is 1390. The standard InChI is InChI=1S/C42H66O11/c1-11-39(8,33(44)45)23-41(10,35(47)52-37(3,4)5)24-40(9,36(48)53-42-18-25-13-26(19-42)15-27(14-25)20-42)22-38(6,7)34(46)51-31-17-29-28(21-50-32(29)43)16-30(31)49-12-2/h25-31H,11-24H2,1-10H3,(H,44,45). The topological polar surface area (TPSA) is 152 Å². The van der Waals surface area contributed by atoms with Gasteiger partial charge in [-0.2, -0.15) is 0 Å². The van der Waals surface area contributed by atoms with Crippen LogP contribution in [0.1, 0.15) is 146 Å². The van der Waals surface area contributed by atoms with Crippen LogP contribution in [0.3, 0.4) is 0 Å². The van der Waals surface area contributed by atoms with Crippen molar-refractivity contribution in [3.8, 4) is 0 Å². The van der Waals surface area contributed by atoms with Crippen LogP contribution in [0.25, 0.3) is 0 Å². The van der Waals surface area contributed by atoms with Gasteiger partial charge >= 0.3 is 29.8 Å². The maximum absolute atomic E-state index is 15.0. The fourth-order valence-electron chi connectivity index (χ4n) is 11.2. The monoisotopic (exact) mass is 746 g/mol. The van der Waals surface area contributed by atoms with Crippen molar-refractivity contribution in [2.75, 3.05) is 13.2 Å². The maximum atomic E-state index is 15.0. The average Bonchev–Trinajstić information content (AvgIpc) is 3.37. The molecule has 1 N–H and O–H groups in total. The number of carbonyl (C=O) groups excluding carboxylic acids is 4. The van der Waals surface area contributed by atoms with Gasteiger partial charge in [-0.3, -0.25) is 24.0 Å². The van der Waals surface area contributed by atoms with Crippen LogP contribution < -0.4 is 0 Å². The van der Waals surface area contributed by atoms with Crippen molar-refractivity contribution >= 4 is 29.8 Å². The van der Waals surface area contributed by atoms with Gasteiger partial charge in [0.15, 0.2) is 0 Å².